The monoisotopic (exact) mass is 1470 g/mol. The number of aliphatic hydroxyl groups is 1. The van der Waals surface area contributed by atoms with Crippen LogP contribution >= 0.6 is 15.6 Å². The van der Waals surface area contributed by atoms with Gasteiger partial charge in [0.05, 0.1) is 26.4 Å². The van der Waals surface area contributed by atoms with Crippen molar-refractivity contribution in [2.45, 2.75) is 433 Å². The van der Waals surface area contributed by atoms with Gasteiger partial charge in [-0.3, -0.25) is 37.3 Å². The highest BCUT2D eigenvalue weighted by atomic mass is 31.2. The molecule has 0 aromatic rings. The lowest BCUT2D eigenvalue weighted by atomic mass is 10.00. The number of rotatable bonds is 78. The number of phosphoric acid groups is 2. The Kier molecular flexibility index (Phi) is 68.7. The van der Waals surface area contributed by atoms with Crippen molar-refractivity contribution in [2.24, 2.45) is 23.7 Å². The van der Waals surface area contributed by atoms with Crippen LogP contribution in [-0.4, -0.2) is 96.7 Å². The predicted molar refractivity (Wildman–Crippen MR) is 409 cm³/mol. The van der Waals surface area contributed by atoms with Gasteiger partial charge in [-0.05, 0) is 49.4 Å². The molecule has 0 aliphatic carbocycles. The predicted octanol–water partition coefficient (Wildman–Crippen LogP) is 24.0. The zero-order chi connectivity index (χ0) is 73.8. The van der Waals surface area contributed by atoms with E-state index >= 15 is 0 Å². The van der Waals surface area contributed by atoms with Gasteiger partial charge >= 0.3 is 39.5 Å². The van der Waals surface area contributed by atoms with E-state index in [1.54, 1.807) is 0 Å². The average Bonchev–Trinajstić information content (AvgIpc) is 0.931. The third-order valence-corrected chi connectivity index (χ3v) is 21.1. The molecule has 6 atom stereocenters. The first-order valence-corrected chi connectivity index (χ1v) is 44.7. The highest BCUT2D eigenvalue weighted by Crippen LogP contribution is 2.45. The van der Waals surface area contributed by atoms with Crippen LogP contribution in [0, 0.1) is 23.7 Å². The summed E-state index contributed by atoms with van der Waals surface area (Å²) >= 11 is 0. The molecule has 0 aromatic carbocycles. The molecule has 594 valence electrons. The van der Waals surface area contributed by atoms with E-state index < -0.39 is 97.5 Å². The number of carbonyl (C=O) groups is 4. The molecule has 0 spiro atoms. The topological polar surface area (TPSA) is 237 Å². The van der Waals surface area contributed by atoms with Crippen LogP contribution in [0.5, 0.6) is 0 Å². The Morgan fingerprint density at radius 2 is 0.480 bits per heavy atom. The van der Waals surface area contributed by atoms with E-state index in [9.17, 15) is 43.2 Å². The second-order valence-corrected chi connectivity index (χ2v) is 33.7. The largest absolute Gasteiger partial charge is 0.472 e. The molecule has 19 heteroatoms. The molecule has 0 amide bonds. The normalized spacial score (nSPS) is 14.3. The van der Waals surface area contributed by atoms with Crippen molar-refractivity contribution in [3.63, 3.8) is 0 Å². The molecule has 0 bridgehead atoms. The van der Waals surface area contributed by atoms with Crippen LogP contribution in [0.1, 0.15) is 415 Å². The minimum absolute atomic E-state index is 0.104. The van der Waals surface area contributed by atoms with Crippen molar-refractivity contribution in [1.82, 2.24) is 0 Å². The fourth-order valence-corrected chi connectivity index (χ4v) is 14.0. The molecule has 0 aliphatic heterocycles. The summed E-state index contributed by atoms with van der Waals surface area (Å²) in [7, 11) is -9.92. The summed E-state index contributed by atoms with van der Waals surface area (Å²) in [5.74, 6) is 0.969. The average molecular weight is 1470 g/mol. The smallest absolute Gasteiger partial charge is 0.462 e. The van der Waals surface area contributed by atoms with Crippen LogP contribution in [-0.2, 0) is 65.4 Å². The number of phosphoric ester groups is 2. The SMILES string of the molecule is CCC(C)CCCCCCCCC(=O)OC[C@H](COP(=O)(O)OC[C@H](O)COP(=O)(O)OC[C@@H](COC(=O)CCCCCCCCCCCCCCCCCCCCC(C)C)OC(=O)CCCCCCCCCCCCCCCCC(C)C)OC(=O)CCCCCCCCCCCC(C)C. The molecule has 0 aliphatic rings. The summed E-state index contributed by atoms with van der Waals surface area (Å²) in [4.78, 5) is 73.0. The summed E-state index contributed by atoms with van der Waals surface area (Å²) in [5.41, 5.74) is 0. The van der Waals surface area contributed by atoms with E-state index in [4.69, 9.17) is 37.0 Å². The summed E-state index contributed by atoms with van der Waals surface area (Å²) in [6.07, 6.45) is 57.0. The van der Waals surface area contributed by atoms with Gasteiger partial charge in [0.1, 0.15) is 19.3 Å². The lowest BCUT2D eigenvalue weighted by Crippen LogP contribution is -2.30. The third kappa shape index (κ3) is 73.0. The lowest BCUT2D eigenvalue weighted by molar-refractivity contribution is -0.161. The van der Waals surface area contributed by atoms with Crippen molar-refractivity contribution in [1.29, 1.82) is 0 Å². The minimum atomic E-state index is -4.96. The van der Waals surface area contributed by atoms with E-state index in [-0.39, 0.29) is 25.7 Å². The van der Waals surface area contributed by atoms with E-state index in [1.807, 2.05) is 0 Å². The highest BCUT2D eigenvalue weighted by molar-refractivity contribution is 7.47. The Morgan fingerprint density at radius 1 is 0.280 bits per heavy atom. The molecular formula is C81H158O17P2. The van der Waals surface area contributed by atoms with Gasteiger partial charge in [0, 0.05) is 25.7 Å². The number of carbonyl (C=O) groups excluding carboxylic acids is 4. The maximum absolute atomic E-state index is 13.1. The number of aliphatic hydroxyl groups excluding tert-OH is 1. The minimum Gasteiger partial charge on any atom is -0.462 e. The molecule has 0 heterocycles. The molecule has 0 saturated heterocycles. The van der Waals surface area contributed by atoms with Crippen LogP contribution in [0.4, 0.5) is 0 Å². The zero-order valence-electron chi connectivity index (χ0n) is 65.8. The van der Waals surface area contributed by atoms with Crippen molar-refractivity contribution < 1.29 is 80.2 Å². The standard InChI is InChI=1S/C81H158O17P2/c1-9-74(8)60-52-44-39-40-46-54-62-79(84)92-68-77(98-81(86)64-56-48-38-32-26-29-35-43-51-59-73(6)7)70-96-100(89,90)94-66-75(82)65-93-99(87,88)95-69-76(97-80(85)63-55-47-37-31-25-21-17-16-19-23-28-34-42-50-58-72(4)5)67-91-78(83)61-53-45-36-30-24-20-15-13-11-10-12-14-18-22-27-33-41-49-57-71(2)3/h71-77,82H,9-70H2,1-8H3,(H,87,88)(H,89,90)/t74?,75-,76-,77-/m1/s1. The Hall–Kier alpha value is -1.94. The first-order chi connectivity index (χ1) is 48.1. The molecule has 0 radical (unpaired) electrons. The summed E-state index contributed by atoms with van der Waals surface area (Å²) in [6, 6.07) is 0. The first-order valence-electron chi connectivity index (χ1n) is 41.7. The Balaban J connectivity index is 5.21. The second-order valence-electron chi connectivity index (χ2n) is 30.8. The van der Waals surface area contributed by atoms with Gasteiger partial charge in [-0.2, -0.15) is 0 Å². The number of hydrogen-bond donors (Lipinski definition) is 3. The number of hydrogen-bond acceptors (Lipinski definition) is 15. The van der Waals surface area contributed by atoms with E-state index in [2.05, 4.69) is 55.4 Å². The van der Waals surface area contributed by atoms with Crippen LogP contribution < -0.4 is 0 Å². The third-order valence-electron chi connectivity index (χ3n) is 19.2. The maximum atomic E-state index is 13.1. The molecular weight excluding hydrogens is 1310 g/mol. The molecule has 3 N–H and O–H groups in total. The van der Waals surface area contributed by atoms with E-state index in [0.29, 0.717) is 25.7 Å². The second kappa shape index (κ2) is 70.1. The maximum Gasteiger partial charge on any atom is 0.472 e. The summed E-state index contributed by atoms with van der Waals surface area (Å²) in [5, 5.41) is 10.6. The van der Waals surface area contributed by atoms with Crippen molar-refractivity contribution >= 4 is 39.5 Å². The quantitative estimate of drug-likeness (QED) is 0.0222. The lowest BCUT2D eigenvalue weighted by Gasteiger charge is -2.21. The molecule has 0 fully saturated rings. The highest BCUT2D eigenvalue weighted by Gasteiger charge is 2.30. The molecule has 0 aromatic heterocycles. The van der Waals surface area contributed by atoms with Gasteiger partial charge in [0.2, 0.25) is 0 Å². The van der Waals surface area contributed by atoms with Crippen LogP contribution in [0.2, 0.25) is 0 Å². The van der Waals surface area contributed by atoms with E-state index in [1.165, 1.54) is 212 Å². The van der Waals surface area contributed by atoms with Crippen molar-refractivity contribution in [3.8, 4) is 0 Å². The fourth-order valence-electron chi connectivity index (χ4n) is 12.4. The molecule has 100 heavy (non-hydrogen) atoms. The Bertz CT molecular complexity index is 1960. The van der Waals surface area contributed by atoms with Crippen molar-refractivity contribution in [2.75, 3.05) is 39.6 Å². The van der Waals surface area contributed by atoms with Gasteiger partial charge in [-0.15, -0.1) is 0 Å². The number of ether oxygens (including phenoxy) is 4. The van der Waals surface area contributed by atoms with Gasteiger partial charge in [0.25, 0.3) is 0 Å². The van der Waals surface area contributed by atoms with Gasteiger partial charge in [0.15, 0.2) is 12.2 Å². The summed E-state index contributed by atoms with van der Waals surface area (Å²) < 4.78 is 68.7. The fraction of sp³-hybridized carbons (Fsp3) is 0.951. The van der Waals surface area contributed by atoms with Crippen LogP contribution in [0.25, 0.3) is 0 Å². The Labute approximate surface area is 613 Å². The van der Waals surface area contributed by atoms with Gasteiger partial charge in [-0.25, -0.2) is 9.13 Å². The molecule has 3 unspecified atom stereocenters. The molecule has 17 nitrogen and oxygen atoms in total. The Morgan fingerprint density at radius 3 is 0.710 bits per heavy atom. The molecule has 0 saturated carbocycles. The van der Waals surface area contributed by atoms with Gasteiger partial charge < -0.3 is 33.8 Å². The van der Waals surface area contributed by atoms with E-state index in [0.717, 1.165) is 120 Å². The van der Waals surface area contributed by atoms with Gasteiger partial charge in [-0.1, -0.05) is 364 Å². The first kappa shape index (κ1) is 98.1. The zero-order valence-corrected chi connectivity index (χ0v) is 67.6. The van der Waals surface area contributed by atoms with Crippen LogP contribution in [0.15, 0.2) is 0 Å². The number of esters is 4. The van der Waals surface area contributed by atoms with Crippen molar-refractivity contribution in [3.05, 3.63) is 0 Å². The summed E-state index contributed by atoms with van der Waals surface area (Å²) in [6.45, 7) is 14.2. The molecule has 0 rings (SSSR count). The van der Waals surface area contributed by atoms with Crippen LogP contribution in [0.3, 0.4) is 0 Å². The number of unbranched alkanes of at least 4 members (excludes halogenated alkanes) is 43.